The monoisotopic (exact) mass is 334 g/mol. The lowest BCUT2D eigenvalue weighted by Gasteiger charge is -2.12. The number of nitrogens with zero attached hydrogens (tertiary/aromatic N) is 1. The van der Waals surface area contributed by atoms with Crippen molar-refractivity contribution in [1.82, 2.24) is 10.3 Å². The van der Waals surface area contributed by atoms with Crippen molar-refractivity contribution < 1.29 is 19.1 Å². The fourth-order valence-electron chi connectivity index (χ4n) is 2.00. The van der Waals surface area contributed by atoms with Crippen molar-refractivity contribution in [3.63, 3.8) is 0 Å². The third-order valence-electron chi connectivity index (χ3n) is 3.14. The largest absolute Gasteiger partial charge is 0.480 e. The standard InChI is InChI=1S/C16H18N2O4S/c1-3-4-5-12(16(20)21)18-14(19)8-11-9-23-15(17-11)13-7-6-10(2)22-13/h3,6-7,9,12H,1,4-5,8H2,2H3,(H,18,19)(H,20,21). The molecule has 1 unspecified atom stereocenters. The molecule has 23 heavy (non-hydrogen) atoms. The zero-order valence-electron chi connectivity index (χ0n) is 12.7. The van der Waals surface area contributed by atoms with E-state index in [1.54, 1.807) is 11.5 Å². The first kappa shape index (κ1) is 17.0. The Hall–Kier alpha value is -2.41. The second-order valence-corrected chi connectivity index (χ2v) is 5.91. The number of allylic oxidation sites excluding steroid dienone is 1. The highest BCUT2D eigenvalue weighted by molar-refractivity contribution is 7.13. The molecule has 0 saturated heterocycles. The highest BCUT2D eigenvalue weighted by Crippen LogP contribution is 2.25. The molecule has 7 heteroatoms. The maximum absolute atomic E-state index is 12.0. The van der Waals surface area contributed by atoms with E-state index in [9.17, 15) is 9.59 Å². The summed E-state index contributed by atoms with van der Waals surface area (Å²) < 4.78 is 5.49. The Bertz CT molecular complexity index is 705. The molecule has 122 valence electrons. The summed E-state index contributed by atoms with van der Waals surface area (Å²) in [6, 6.07) is 2.76. The lowest BCUT2D eigenvalue weighted by Crippen LogP contribution is -2.41. The Morgan fingerprint density at radius 1 is 1.52 bits per heavy atom. The summed E-state index contributed by atoms with van der Waals surface area (Å²) >= 11 is 1.38. The number of furan rings is 1. The van der Waals surface area contributed by atoms with E-state index in [0.717, 1.165) is 5.76 Å². The highest BCUT2D eigenvalue weighted by Gasteiger charge is 2.20. The summed E-state index contributed by atoms with van der Waals surface area (Å²) in [6.45, 7) is 5.40. The van der Waals surface area contributed by atoms with Gasteiger partial charge in [-0.25, -0.2) is 9.78 Å². The van der Waals surface area contributed by atoms with E-state index in [4.69, 9.17) is 9.52 Å². The van der Waals surface area contributed by atoms with E-state index < -0.39 is 12.0 Å². The Morgan fingerprint density at radius 3 is 2.91 bits per heavy atom. The molecule has 0 saturated carbocycles. The Balaban J connectivity index is 1.96. The van der Waals surface area contributed by atoms with Gasteiger partial charge in [-0.1, -0.05) is 6.08 Å². The van der Waals surface area contributed by atoms with Crippen LogP contribution in [0, 0.1) is 6.92 Å². The number of rotatable bonds is 8. The van der Waals surface area contributed by atoms with Crippen molar-refractivity contribution in [3.05, 3.63) is 41.6 Å². The second-order valence-electron chi connectivity index (χ2n) is 5.06. The van der Waals surface area contributed by atoms with Crippen molar-refractivity contribution in [3.8, 4) is 10.8 Å². The van der Waals surface area contributed by atoms with Crippen LogP contribution in [0.1, 0.15) is 24.3 Å². The van der Waals surface area contributed by atoms with Crippen LogP contribution in [0.25, 0.3) is 10.8 Å². The van der Waals surface area contributed by atoms with Crippen LogP contribution in [0.3, 0.4) is 0 Å². The first-order valence-corrected chi connectivity index (χ1v) is 8.02. The van der Waals surface area contributed by atoms with E-state index in [2.05, 4.69) is 16.9 Å². The number of carbonyl (C=O) groups excluding carboxylic acids is 1. The minimum absolute atomic E-state index is 0.0358. The van der Waals surface area contributed by atoms with Gasteiger partial charge >= 0.3 is 5.97 Å². The van der Waals surface area contributed by atoms with Crippen LogP contribution < -0.4 is 5.32 Å². The number of carboxylic acids is 1. The van der Waals surface area contributed by atoms with Crippen molar-refractivity contribution in [2.45, 2.75) is 32.2 Å². The van der Waals surface area contributed by atoms with Crippen LogP contribution in [0.5, 0.6) is 0 Å². The van der Waals surface area contributed by atoms with Gasteiger partial charge < -0.3 is 14.8 Å². The summed E-state index contributed by atoms with van der Waals surface area (Å²) in [7, 11) is 0. The number of carboxylic acid groups (broad SMARTS) is 1. The molecule has 0 aromatic carbocycles. The molecule has 6 nitrogen and oxygen atoms in total. The lowest BCUT2D eigenvalue weighted by atomic mass is 10.1. The molecule has 0 bridgehead atoms. The van der Waals surface area contributed by atoms with Gasteiger partial charge in [0, 0.05) is 5.38 Å². The number of aromatic nitrogens is 1. The van der Waals surface area contributed by atoms with Crippen molar-refractivity contribution in [1.29, 1.82) is 0 Å². The normalized spacial score (nSPS) is 11.9. The average Bonchev–Trinajstić information content (AvgIpc) is 3.12. The molecule has 2 aromatic heterocycles. The molecule has 2 aromatic rings. The molecule has 0 radical (unpaired) electrons. The molecule has 0 aliphatic rings. The van der Waals surface area contributed by atoms with Gasteiger partial charge in [0.1, 0.15) is 11.8 Å². The molecular formula is C16H18N2O4S. The summed E-state index contributed by atoms with van der Waals surface area (Å²) in [5.41, 5.74) is 0.587. The van der Waals surface area contributed by atoms with Crippen LogP contribution >= 0.6 is 11.3 Å². The van der Waals surface area contributed by atoms with Crippen LogP contribution in [0.2, 0.25) is 0 Å². The van der Waals surface area contributed by atoms with E-state index in [1.165, 1.54) is 11.3 Å². The highest BCUT2D eigenvalue weighted by atomic mass is 32.1. The van der Waals surface area contributed by atoms with E-state index in [0.29, 0.717) is 29.3 Å². The van der Waals surface area contributed by atoms with Crippen LogP contribution in [-0.2, 0) is 16.0 Å². The van der Waals surface area contributed by atoms with Crippen molar-refractivity contribution >= 4 is 23.2 Å². The molecule has 1 amide bonds. The predicted octanol–water partition coefficient (Wildman–Crippen LogP) is 2.79. The minimum Gasteiger partial charge on any atom is -0.480 e. The van der Waals surface area contributed by atoms with E-state index >= 15 is 0 Å². The average molecular weight is 334 g/mol. The van der Waals surface area contributed by atoms with E-state index in [-0.39, 0.29) is 12.3 Å². The lowest BCUT2D eigenvalue weighted by molar-refractivity contribution is -0.141. The summed E-state index contributed by atoms with van der Waals surface area (Å²) in [4.78, 5) is 27.4. The van der Waals surface area contributed by atoms with Gasteiger partial charge in [-0.3, -0.25) is 4.79 Å². The molecule has 0 aliphatic carbocycles. The molecule has 0 fully saturated rings. The fourth-order valence-corrected chi connectivity index (χ4v) is 2.78. The van der Waals surface area contributed by atoms with Gasteiger partial charge in [-0.15, -0.1) is 17.9 Å². The van der Waals surface area contributed by atoms with Crippen LogP contribution in [-0.4, -0.2) is 28.0 Å². The van der Waals surface area contributed by atoms with Crippen molar-refractivity contribution in [2.75, 3.05) is 0 Å². The quantitative estimate of drug-likeness (QED) is 0.724. The maximum Gasteiger partial charge on any atom is 0.326 e. The minimum atomic E-state index is -1.05. The van der Waals surface area contributed by atoms with Crippen LogP contribution in [0.15, 0.2) is 34.6 Å². The molecule has 0 spiro atoms. The van der Waals surface area contributed by atoms with Crippen molar-refractivity contribution in [2.24, 2.45) is 0 Å². The first-order valence-electron chi connectivity index (χ1n) is 7.14. The van der Waals surface area contributed by atoms with Gasteiger partial charge in [0.15, 0.2) is 10.8 Å². The fraction of sp³-hybridized carbons (Fsp3) is 0.312. The number of hydrogen-bond donors (Lipinski definition) is 2. The number of hydrogen-bond acceptors (Lipinski definition) is 5. The SMILES string of the molecule is C=CCCC(NC(=O)Cc1csc(-c2ccc(C)o2)n1)C(=O)O. The molecular weight excluding hydrogens is 316 g/mol. The zero-order valence-corrected chi connectivity index (χ0v) is 13.6. The molecule has 1 atom stereocenters. The second kappa shape index (κ2) is 7.73. The number of nitrogens with one attached hydrogen (secondary N) is 1. The molecule has 2 N–H and O–H groups in total. The number of carbonyl (C=O) groups is 2. The third-order valence-corrected chi connectivity index (χ3v) is 4.04. The van der Waals surface area contributed by atoms with Gasteiger partial charge in [0.2, 0.25) is 5.91 Å². The number of thiazole rings is 1. The summed E-state index contributed by atoms with van der Waals surface area (Å²) in [5, 5.41) is 14.1. The number of amides is 1. The Kier molecular flexibility index (Phi) is 5.70. The smallest absolute Gasteiger partial charge is 0.326 e. The van der Waals surface area contributed by atoms with Gasteiger partial charge in [-0.2, -0.15) is 0 Å². The zero-order chi connectivity index (χ0) is 16.8. The summed E-state index contributed by atoms with van der Waals surface area (Å²) in [5.74, 6) is 0.0359. The molecule has 0 aliphatic heterocycles. The van der Waals surface area contributed by atoms with Gasteiger partial charge in [-0.05, 0) is 31.9 Å². The maximum atomic E-state index is 12.0. The molecule has 2 rings (SSSR count). The Morgan fingerprint density at radius 2 is 2.30 bits per heavy atom. The van der Waals surface area contributed by atoms with Gasteiger partial charge in [0.25, 0.3) is 0 Å². The number of aliphatic carboxylic acids is 1. The predicted molar refractivity (Wildman–Crippen MR) is 87.3 cm³/mol. The van der Waals surface area contributed by atoms with Crippen LogP contribution in [0.4, 0.5) is 0 Å². The molecule has 2 heterocycles. The Labute approximate surface area is 137 Å². The summed E-state index contributed by atoms with van der Waals surface area (Å²) in [6.07, 6.45) is 2.50. The van der Waals surface area contributed by atoms with E-state index in [1.807, 2.05) is 19.1 Å². The van der Waals surface area contributed by atoms with Gasteiger partial charge in [0.05, 0.1) is 12.1 Å². The topological polar surface area (TPSA) is 92.4 Å². The number of aryl methyl sites for hydroxylation is 1. The third kappa shape index (κ3) is 4.79. The first-order chi connectivity index (χ1) is 11.0.